The fraction of sp³-hybridized carbons (Fsp3) is 0.350. The van der Waals surface area contributed by atoms with Crippen molar-refractivity contribution in [3.8, 4) is 5.75 Å². The first-order valence-corrected chi connectivity index (χ1v) is 8.09. The summed E-state index contributed by atoms with van der Waals surface area (Å²) in [6.07, 6.45) is 0. The lowest BCUT2D eigenvalue weighted by Crippen LogP contribution is -2.30. The van der Waals surface area contributed by atoms with Crippen molar-refractivity contribution < 1.29 is 9.53 Å². The average Bonchev–Trinajstić information content (AvgIpc) is 2.51. The van der Waals surface area contributed by atoms with Crippen molar-refractivity contribution in [1.82, 2.24) is 4.90 Å². The van der Waals surface area contributed by atoms with Crippen molar-refractivity contribution in [2.45, 2.75) is 27.3 Å². The Morgan fingerprint density at radius 1 is 1.12 bits per heavy atom. The van der Waals surface area contributed by atoms with E-state index in [4.69, 9.17) is 4.74 Å². The van der Waals surface area contributed by atoms with E-state index in [0.717, 1.165) is 28.1 Å². The Morgan fingerprint density at radius 3 is 2.42 bits per heavy atom. The van der Waals surface area contributed by atoms with Gasteiger partial charge in [-0.3, -0.25) is 9.69 Å². The van der Waals surface area contributed by atoms with E-state index in [-0.39, 0.29) is 5.91 Å². The molecule has 0 spiro atoms. The lowest BCUT2D eigenvalue weighted by Gasteiger charge is -2.19. The maximum Gasteiger partial charge on any atom is 0.238 e. The zero-order chi connectivity index (χ0) is 17.7. The number of nitrogens with zero attached hydrogens (tertiary/aromatic N) is 1. The van der Waals surface area contributed by atoms with E-state index in [1.807, 2.05) is 56.1 Å². The molecule has 0 aliphatic carbocycles. The average molecular weight is 326 g/mol. The number of nitrogens with one attached hydrogen (secondary N) is 1. The van der Waals surface area contributed by atoms with Crippen LogP contribution in [0.3, 0.4) is 0 Å². The van der Waals surface area contributed by atoms with E-state index in [1.54, 1.807) is 7.11 Å². The molecule has 4 nitrogen and oxygen atoms in total. The Labute approximate surface area is 144 Å². The highest BCUT2D eigenvalue weighted by atomic mass is 16.5. The Hall–Kier alpha value is -2.33. The van der Waals surface area contributed by atoms with Crippen LogP contribution in [0.15, 0.2) is 36.4 Å². The minimum Gasteiger partial charge on any atom is -0.496 e. The number of para-hydroxylation sites is 1. The molecule has 24 heavy (non-hydrogen) atoms. The maximum atomic E-state index is 12.4. The summed E-state index contributed by atoms with van der Waals surface area (Å²) < 4.78 is 5.41. The van der Waals surface area contributed by atoms with Crippen molar-refractivity contribution >= 4 is 11.6 Å². The predicted molar refractivity (Wildman–Crippen MR) is 98.6 cm³/mol. The molecule has 0 aliphatic rings. The molecule has 128 valence electrons. The van der Waals surface area contributed by atoms with Crippen molar-refractivity contribution in [2.75, 3.05) is 26.0 Å². The van der Waals surface area contributed by atoms with Gasteiger partial charge in [-0.1, -0.05) is 35.9 Å². The van der Waals surface area contributed by atoms with E-state index < -0.39 is 0 Å². The number of ether oxygens (including phenoxy) is 1. The zero-order valence-corrected chi connectivity index (χ0v) is 15.1. The number of carbonyl (C=O) groups excluding carboxylic acids is 1. The van der Waals surface area contributed by atoms with Gasteiger partial charge in [0.05, 0.1) is 13.7 Å². The molecule has 0 aromatic heterocycles. The number of benzene rings is 2. The Morgan fingerprint density at radius 2 is 1.79 bits per heavy atom. The number of hydrogen-bond acceptors (Lipinski definition) is 3. The molecular weight excluding hydrogens is 300 g/mol. The molecule has 0 fully saturated rings. The number of methoxy groups -OCH3 is 1. The lowest BCUT2D eigenvalue weighted by molar-refractivity contribution is -0.117. The SMILES string of the molecule is COc1ccc(C)cc1CN(C)CC(=O)Nc1c(C)cccc1C. The number of likely N-dealkylation sites (N-methyl/N-ethyl adjacent to an activating group) is 1. The highest BCUT2D eigenvalue weighted by Gasteiger charge is 2.12. The summed E-state index contributed by atoms with van der Waals surface area (Å²) >= 11 is 0. The van der Waals surface area contributed by atoms with Crippen LogP contribution in [0.1, 0.15) is 22.3 Å². The first kappa shape index (κ1) is 18.0. The zero-order valence-electron chi connectivity index (χ0n) is 15.1. The number of carbonyl (C=O) groups is 1. The minimum atomic E-state index is -0.0125. The molecule has 0 saturated carbocycles. The topological polar surface area (TPSA) is 41.6 Å². The summed E-state index contributed by atoms with van der Waals surface area (Å²) in [5.41, 5.74) is 5.32. The molecule has 0 bridgehead atoms. The van der Waals surface area contributed by atoms with Crippen LogP contribution >= 0.6 is 0 Å². The number of rotatable bonds is 6. The highest BCUT2D eigenvalue weighted by Crippen LogP contribution is 2.22. The largest absolute Gasteiger partial charge is 0.496 e. The van der Waals surface area contributed by atoms with E-state index in [1.165, 1.54) is 5.56 Å². The first-order chi connectivity index (χ1) is 11.4. The molecule has 4 heteroatoms. The summed E-state index contributed by atoms with van der Waals surface area (Å²) in [4.78, 5) is 14.3. The van der Waals surface area contributed by atoms with Gasteiger partial charge in [0.25, 0.3) is 0 Å². The molecule has 0 radical (unpaired) electrons. The summed E-state index contributed by atoms with van der Waals surface area (Å²) in [5.74, 6) is 0.837. The normalized spacial score (nSPS) is 10.8. The van der Waals surface area contributed by atoms with Crippen LogP contribution in [-0.2, 0) is 11.3 Å². The van der Waals surface area contributed by atoms with Gasteiger partial charge in [0.15, 0.2) is 0 Å². The van der Waals surface area contributed by atoms with Gasteiger partial charge in [-0.2, -0.15) is 0 Å². The summed E-state index contributed by atoms with van der Waals surface area (Å²) in [6.45, 7) is 7.04. The standard InChI is InChI=1S/C20H26N2O2/c1-14-9-10-18(24-5)17(11-14)12-22(4)13-19(23)21-20-15(2)7-6-8-16(20)3/h6-11H,12-13H2,1-5H3,(H,21,23). The predicted octanol–water partition coefficient (Wildman–Crippen LogP) is 3.69. The summed E-state index contributed by atoms with van der Waals surface area (Å²) in [5, 5.41) is 3.02. The van der Waals surface area contributed by atoms with Crippen molar-refractivity contribution in [1.29, 1.82) is 0 Å². The first-order valence-electron chi connectivity index (χ1n) is 8.09. The summed E-state index contributed by atoms with van der Waals surface area (Å²) in [6, 6.07) is 12.1. The molecular formula is C20H26N2O2. The van der Waals surface area contributed by atoms with E-state index in [2.05, 4.69) is 18.3 Å². The third-order valence-electron chi connectivity index (χ3n) is 4.04. The smallest absolute Gasteiger partial charge is 0.238 e. The number of anilines is 1. The molecule has 0 aliphatic heterocycles. The third kappa shape index (κ3) is 4.59. The van der Waals surface area contributed by atoms with Gasteiger partial charge in [-0.05, 0) is 45.0 Å². The second kappa shape index (κ2) is 7.97. The fourth-order valence-corrected chi connectivity index (χ4v) is 2.81. The van der Waals surface area contributed by atoms with Gasteiger partial charge < -0.3 is 10.1 Å². The van der Waals surface area contributed by atoms with Gasteiger partial charge in [0, 0.05) is 17.8 Å². The van der Waals surface area contributed by atoms with E-state index in [0.29, 0.717) is 13.1 Å². The lowest BCUT2D eigenvalue weighted by atomic mass is 10.1. The second-order valence-electron chi connectivity index (χ2n) is 6.30. The van der Waals surface area contributed by atoms with Crippen LogP contribution in [-0.4, -0.2) is 31.5 Å². The monoisotopic (exact) mass is 326 g/mol. The van der Waals surface area contributed by atoms with Gasteiger partial charge in [0.1, 0.15) is 5.75 Å². The third-order valence-corrected chi connectivity index (χ3v) is 4.04. The number of amides is 1. The number of aryl methyl sites for hydroxylation is 3. The van der Waals surface area contributed by atoms with Gasteiger partial charge in [-0.25, -0.2) is 0 Å². The molecule has 1 amide bonds. The Balaban J connectivity index is 2.01. The summed E-state index contributed by atoms with van der Waals surface area (Å²) in [7, 11) is 3.61. The van der Waals surface area contributed by atoms with Gasteiger partial charge in [0.2, 0.25) is 5.91 Å². The van der Waals surface area contributed by atoms with Gasteiger partial charge >= 0.3 is 0 Å². The minimum absolute atomic E-state index is 0.0125. The van der Waals surface area contributed by atoms with Crippen LogP contribution in [0.2, 0.25) is 0 Å². The van der Waals surface area contributed by atoms with Crippen LogP contribution in [0.4, 0.5) is 5.69 Å². The van der Waals surface area contributed by atoms with Crippen LogP contribution in [0, 0.1) is 20.8 Å². The van der Waals surface area contributed by atoms with Crippen molar-refractivity contribution in [3.63, 3.8) is 0 Å². The van der Waals surface area contributed by atoms with Gasteiger partial charge in [-0.15, -0.1) is 0 Å². The molecule has 2 rings (SSSR count). The molecule has 0 atom stereocenters. The fourth-order valence-electron chi connectivity index (χ4n) is 2.81. The number of hydrogen-bond donors (Lipinski definition) is 1. The molecule has 0 unspecified atom stereocenters. The van der Waals surface area contributed by atoms with Crippen LogP contribution < -0.4 is 10.1 Å². The molecule has 0 saturated heterocycles. The van der Waals surface area contributed by atoms with Crippen molar-refractivity contribution in [2.24, 2.45) is 0 Å². The van der Waals surface area contributed by atoms with Crippen LogP contribution in [0.25, 0.3) is 0 Å². The Bertz CT molecular complexity index is 705. The van der Waals surface area contributed by atoms with E-state index >= 15 is 0 Å². The Kier molecular flexibility index (Phi) is 5.99. The molecule has 1 N–H and O–H groups in total. The van der Waals surface area contributed by atoms with E-state index in [9.17, 15) is 4.79 Å². The molecule has 2 aromatic carbocycles. The molecule has 0 heterocycles. The molecule has 2 aromatic rings. The van der Waals surface area contributed by atoms with Crippen molar-refractivity contribution in [3.05, 3.63) is 58.7 Å². The second-order valence-corrected chi connectivity index (χ2v) is 6.30. The highest BCUT2D eigenvalue weighted by molar-refractivity contribution is 5.93. The maximum absolute atomic E-state index is 12.4. The van der Waals surface area contributed by atoms with Crippen LogP contribution in [0.5, 0.6) is 5.75 Å². The quantitative estimate of drug-likeness (QED) is 0.880.